The van der Waals surface area contributed by atoms with Crippen molar-refractivity contribution in [2.45, 2.75) is 26.7 Å². The lowest BCUT2D eigenvalue weighted by molar-refractivity contribution is -0.138. The zero-order valence-corrected chi connectivity index (χ0v) is 12.2. The van der Waals surface area contributed by atoms with E-state index < -0.39 is 11.9 Å². The highest BCUT2D eigenvalue weighted by Crippen LogP contribution is 2.38. The van der Waals surface area contributed by atoms with Gasteiger partial charge in [-0.15, -0.1) is 0 Å². The molecule has 0 radical (unpaired) electrons. The fourth-order valence-electron chi connectivity index (χ4n) is 2.50. The van der Waals surface area contributed by atoms with Crippen LogP contribution in [0.25, 0.3) is 0 Å². The number of allylic oxidation sites excluding steroid dienone is 2. The lowest BCUT2D eigenvalue weighted by Gasteiger charge is -2.28. The summed E-state index contributed by atoms with van der Waals surface area (Å²) in [7, 11) is 0. The van der Waals surface area contributed by atoms with Gasteiger partial charge in [-0.1, -0.05) is 0 Å². The van der Waals surface area contributed by atoms with Crippen molar-refractivity contribution in [3.8, 4) is 0 Å². The highest BCUT2D eigenvalue weighted by atomic mass is 16.5. The van der Waals surface area contributed by atoms with Crippen molar-refractivity contribution < 1.29 is 18.7 Å². The molecule has 0 bridgehead atoms. The van der Waals surface area contributed by atoms with Crippen molar-refractivity contribution in [2.24, 2.45) is 5.73 Å². The summed E-state index contributed by atoms with van der Waals surface area (Å²) in [5.74, 6) is -0.715. The number of nitrogens with one attached hydrogen (secondary N) is 1. The predicted molar refractivity (Wildman–Crippen MR) is 75.8 cm³/mol. The molecule has 1 atom stereocenters. The quantitative estimate of drug-likeness (QED) is 0.817. The molecule has 0 aromatic carbocycles. The van der Waals surface area contributed by atoms with Gasteiger partial charge >= 0.3 is 5.97 Å². The second-order valence-electron chi connectivity index (χ2n) is 4.72. The molecule has 21 heavy (non-hydrogen) atoms. The first-order chi connectivity index (χ1) is 9.97. The van der Waals surface area contributed by atoms with E-state index in [9.17, 15) is 9.59 Å². The molecule has 1 aliphatic rings. The van der Waals surface area contributed by atoms with Crippen LogP contribution in [0.2, 0.25) is 0 Å². The predicted octanol–water partition coefficient (Wildman–Crippen LogP) is 1.56. The normalized spacial score (nSPS) is 18.5. The van der Waals surface area contributed by atoms with E-state index in [0.717, 1.165) is 0 Å². The number of hydrogen-bond acceptors (Lipinski definition) is 6. The van der Waals surface area contributed by atoms with Crippen molar-refractivity contribution in [1.29, 1.82) is 0 Å². The van der Waals surface area contributed by atoms with Crippen molar-refractivity contribution in [2.75, 3.05) is 6.61 Å². The average Bonchev–Trinajstić information content (AvgIpc) is 2.90. The Hall–Kier alpha value is -2.50. The van der Waals surface area contributed by atoms with Gasteiger partial charge in [0.1, 0.15) is 11.6 Å². The van der Waals surface area contributed by atoms with Crippen LogP contribution in [-0.2, 0) is 14.3 Å². The average molecular weight is 290 g/mol. The second kappa shape index (κ2) is 5.87. The van der Waals surface area contributed by atoms with E-state index >= 15 is 0 Å². The first kappa shape index (κ1) is 14.9. The topological polar surface area (TPSA) is 94.6 Å². The number of Topliss-reactive ketones (excluding diaryl/α,β-unsaturated/α-hetero) is 1. The highest BCUT2D eigenvalue weighted by molar-refractivity contribution is 6.01. The molecule has 1 aromatic heterocycles. The zero-order chi connectivity index (χ0) is 15.6. The Bertz CT molecular complexity index is 626. The number of rotatable bonds is 4. The van der Waals surface area contributed by atoms with Crippen molar-refractivity contribution in [3.05, 3.63) is 46.8 Å². The van der Waals surface area contributed by atoms with Gasteiger partial charge in [-0.3, -0.25) is 4.79 Å². The molecule has 0 unspecified atom stereocenters. The molecule has 0 saturated heterocycles. The fraction of sp³-hybridized carbons (Fsp3) is 0.333. The van der Waals surface area contributed by atoms with E-state index in [1.807, 2.05) is 0 Å². The Morgan fingerprint density at radius 3 is 2.67 bits per heavy atom. The number of esters is 1. The van der Waals surface area contributed by atoms with Gasteiger partial charge in [-0.2, -0.15) is 0 Å². The summed E-state index contributed by atoms with van der Waals surface area (Å²) >= 11 is 0. The van der Waals surface area contributed by atoms with E-state index in [1.165, 1.54) is 13.2 Å². The first-order valence-electron chi connectivity index (χ1n) is 6.66. The minimum Gasteiger partial charge on any atom is -0.468 e. The molecule has 0 saturated carbocycles. The summed E-state index contributed by atoms with van der Waals surface area (Å²) in [5, 5.41) is 2.87. The molecule has 0 fully saturated rings. The number of carbonyl (C=O) groups excluding carboxylic acids is 2. The van der Waals surface area contributed by atoms with Gasteiger partial charge in [0.25, 0.3) is 0 Å². The van der Waals surface area contributed by atoms with Crippen molar-refractivity contribution >= 4 is 11.8 Å². The van der Waals surface area contributed by atoms with Crippen LogP contribution in [0.4, 0.5) is 0 Å². The third kappa shape index (κ3) is 2.69. The summed E-state index contributed by atoms with van der Waals surface area (Å²) in [6, 6.07) is 3.40. The molecule has 0 aliphatic carbocycles. The van der Waals surface area contributed by atoms with Gasteiger partial charge in [0, 0.05) is 11.3 Å². The van der Waals surface area contributed by atoms with Crippen molar-refractivity contribution in [1.82, 2.24) is 5.32 Å². The van der Waals surface area contributed by atoms with Gasteiger partial charge in [-0.05, 0) is 32.9 Å². The number of ketones is 1. The maximum Gasteiger partial charge on any atom is 0.338 e. The number of furan rings is 1. The fourth-order valence-corrected chi connectivity index (χ4v) is 2.50. The molecule has 2 heterocycles. The van der Waals surface area contributed by atoms with Gasteiger partial charge in [0.05, 0.1) is 24.4 Å². The SMILES string of the molecule is CCOC(=O)C1=C(N)NC(C)=C(C(C)=O)[C@@H]1c1ccco1. The molecule has 1 aromatic rings. The lowest BCUT2D eigenvalue weighted by atomic mass is 9.83. The van der Waals surface area contributed by atoms with E-state index in [1.54, 1.807) is 26.0 Å². The molecular weight excluding hydrogens is 272 g/mol. The van der Waals surface area contributed by atoms with Crippen LogP contribution in [0.5, 0.6) is 0 Å². The molecule has 0 amide bonds. The molecule has 1 aliphatic heterocycles. The Kier molecular flexibility index (Phi) is 4.16. The van der Waals surface area contributed by atoms with Gasteiger partial charge in [0.15, 0.2) is 5.78 Å². The molecule has 0 spiro atoms. The lowest BCUT2D eigenvalue weighted by Crippen LogP contribution is -2.35. The van der Waals surface area contributed by atoms with Crippen LogP contribution in [0, 0.1) is 0 Å². The minimum absolute atomic E-state index is 0.157. The molecule has 3 N–H and O–H groups in total. The Morgan fingerprint density at radius 2 is 2.14 bits per heavy atom. The summed E-state index contributed by atoms with van der Waals surface area (Å²) in [6.45, 7) is 5.11. The highest BCUT2D eigenvalue weighted by Gasteiger charge is 2.37. The van der Waals surface area contributed by atoms with Crippen LogP contribution < -0.4 is 11.1 Å². The van der Waals surface area contributed by atoms with Crippen LogP contribution in [0.3, 0.4) is 0 Å². The zero-order valence-electron chi connectivity index (χ0n) is 12.2. The molecule has 2 rings (SSSR count). The van der Waals surface area contributed by atoms with Crippen LogP contribution >= 0.6 is 0 Å². The largest absolute Gasteiger partial charge is 0.468 e. The van der Waals surface area contributed by atoms with Crippen LogP contribution in [-0.4, -0.2) is 18.4 Å². The summed E-state index contributed by atoms with van der Waals surface area (Å²) in [4.78, 5) is 24.2. The standard InChI is InChI=1S/C15H18N2O4/c1-4-20-15(19)13-12(10-6-5-7-21-10)11(9(3)18)8(2)17-14(13)16/h5-7,12,17H,4,16H2,1-3H3/t12-/m0/s1. The summed E-state index contributed by atoms with van der Waals surface area (Å²) in [6.07, 6.45) is 1.49. The number of ether oxygens (including phenoxy) is 1. The van der Waals surface area contributed by atoms with E-state index in [2.05, 4.69) is 5.32 Å². The smallest absolute Gasteiger partial charge is 0.338 e. The maximum atomic E-state index is 12.2. The number of hydrogen-bond donors (Lipinski definition) is 2. The van der Waals surface area contributed by atoms with E-state index in [4.69, 9.17) is 14.9 Å². The number of carbonyl (C=O) groups is 2. The molecule has 6 heteroatoms. The summed E-state index contributed by atoms with van der Waals surface area (Å²) in [5.41, 5.74) is 7.19. The Labute approximate surface area is 122 Å². The van der Waals surface area contributed by atoms with E-state index in [-0.39, 0.29) is 23.8 Å². The molecule has 112 valence electrons. The Morgan fingerprint density at radius 1 is 1.43 bits per heavy atom. The van der Waals surface area contributed by atoms with Crippen molar-refractivity contribution in [3.63, 3.8) is 0 Å². The number of dihydropyridines is 1. The maximum absolute atomic E-state index is 12.2. The van der Waals surface area contributed by atoms with Gasteiger partial charge in [0.2, 0.25) is 0 Å². The van der Waals surface area contributed by atoms with Crippen LogP contribution in [0.1, 0.15) is 32.4 Å². The third-order valence-corrected chi connectivity index (χ3v) is 3.30. The monoisotopic (exact) mass is 290 g/mol. The summed E-state index contributed by atoms with van der Waals surface area (Å²) < 4.78 is 10.4. The molecule has 6 nitrogen and oxygen atoms in total. The minimum atomic E-state index is -0.655. The molecular formula is C15H18N2O4. The van der Waals surface area contributed by atoms with Gasteiger partial charge < -0.3 is 20.2 Å². The second-order valence-corrected chi connectivity index (χ2v) is 4.72. The Balaban J connectivity index is 2.58. The first-order valence-corrected chi connectivity index (χ1v) is 6.66. The third-order valence-electron chi connectivity index (χ3n) is 3.30. The van der Waals surface area contributed by atoms with E-state index in [0.29, 0.717) is 17.0 Å². The van der Waals surface area contributed by atoms with Gasteiger partial charge in [-0.25, -0.2) is 4.79 Å². The number of nitrogens with two attached hydrogens (primary N) is 1. The van der Waals surface area contributed by atoms with Crippen LogP contribution in [0.15, 0.2) is 45.5 Å².